The molecular formula is C21H23N3S. The fourth-order valence-corrected chi connectivity index (χ4v) is 3.64. The summed E-state index contributed by atoms with van der Waals surface area (Å²) in [4.78, 5) is 2.17. The number of nitrogens with one attached hydrogen (secondary N) is 1. The molecule has 1 aliphatic rings. The predicted octanol–water partition coefficient (Wildman–Crippen LogP) is 4.56. The number of anilines is 1. The second-order valence-corrected chi connectivity index (χ2v) is 7.16. The van der Waals surface area contributed by atoms with E-state index in [0.717, 1.165) is 42.3 Å². The highest BCUT2D eigenvalue weighted by molar-refractivity contribution is 7.80. The highest BCUT2D eigenvalue weighted by Gasteiger charge is 2.36. The SMILES string of the molecule is Cc1ccc(NC(=S)N2CCC(C#N)(c3ccccc3)CC2)cc1C. The second-order valence-electron chi connectivity index (χ2n) is 6.78. The third kappa shape index (κ3) is 3.67. The average Bonchev–Trinajstić information content (AvgIpc) is 2.65. The van der Waals surface area contributed by atoms with Crippen molar-refractivity contribution in [3.63, 3.8) is 0 Å². The zero-order valence-corrected chi connectivity index (χ0v) is 15.6. The molecule has 0 unspecified atom stereocenters. The molecule has 2 aromatic rings. The number of benzene rings is 2. The molecular weight excluding hydrogens is 326 g/mol. The van der Waals surface area contributed by atoms with Gasteiger partial charge in [-0.1, -0.05) is 36.4 Å². The van der Waals surface area contributed by atoms with Crippen LogP contribution >= 0.6 is 12.2 Å². The maximum absolute atomic E-state index is 9.79. The van der Waals surface area contributed by atoms with Crippen molar-refractivity contribution in [2.75, 3.05) is 18.4 Å². The van der Waals surface area contributed by atoms with Gasteiger partial charge in [-0.2, -0.15) is 5.26 Å². The minimum absolute atomic E-state index is 0.395. The lowest BCUT2D eigenvalue weighted by Crippen LogP contribution is -2.46. The van der Waals surface area contributed by atoms with Gasteiger partial charge in [0.2, 0.25) is 0 Å². The first-order valence-electron chi connectivity index (χ1n) is 8.64. The second kappa shape index (κ2) is 7.25. The van der Waals surface area contributed by atoms with Gasteiger partial charge in [0, 0.05) is 18.8 Å². The van der Waals surface area contributed by atoms with Crippen LogP contribution in [-0.4, -0.2) is 23.1 Å². The first-order valence-corrected chi connectivity index (χ1v) is 9.05. The van der Waals surface area contributed by atoms with Gasteiger partial charge in [0.15, 0.2) is 5.11 Å². The summed E-state index contributed by atoms with van der Waals surface area (Å²) < 4.78 is 0. The van der Waals surface area contributed by atoms with Crippen molar-refractivity contribution in [3.8, 4) is 6.07 Å². The molecule has 0 aliphatic carbocycles. The van der Waals surface area contributed by atoms with Gasteiger partial charge in [0.05, 0.1) is 11.5 Å². The van der Waals surface area contributed by atoms with Crippen molar-refractivity contribution in [1.29, 1.82) is 5.26 Å². The van der Waals surface area contributed by atoms with Crippen molar-refractivity contribution in [2.45, 2.75) is 32.1 Å². The summed E-state index contributed by atoms with van der Waals surface area (Å²) in [5, 5.41) is 13.9. The van der Waals surface area contributed by atoms with Gasteiger partial charge in [-0.15, -0.1) is 0 Å². The Hall–Kier alpha value is -2.38. The smallest absolute Gasteiger partial charge is 0.173 e. The molecule has 1 fully saturated rings. The first-order chi connectivity index (χ1) is 12.0. The van der Waals surface area contributed by atoms with Gasteiger partial charge < -0.3 is 10.2 Å². The fraction of sp³-hybridized carbons (Fsp3) is 0.333. The molecule has 1 aliphatic heterocycles. The Morgan fingerprint density at radius 3 is 2.36 bits per heavy atom. The van der Waals surface area contributed by atoms with Gasteiger partial charge in [-0.3, -0.25) is 0 Å². The Labute approximate surface area is 155 Å². The predicted molar refractivity (Wildman–Crippen MR) is 107 cm³/mol. The molecule has 0 aromatic heterocycles. The van der Waals surface area contributed by atoms with E-state index in [-0.39, 0.29) is 0 Å². The van der Waals surface area contributed by atoms with Gasteiger partial charge in [-0.05, 0) is 67.7 Å². The van der Waals surface area contributed by atoms with Gasteiger partial charge >= 0.3 is 0 Å². The molecule has 4 heteroatoms. The van der Waals surface area contributed by atoms with Crippen LogP contribution in [0.25, 0.3) is 0 Å². The fourth-order valence-electron chi connectivity index (χ4n) is 3.34. The Balaban J connectivity index is 1.66. The molecule has 0 atom stereocenters. The molecule has 2 aromatic carbocycles. The maximum atomic E-state index is 9.79. The highest BCUT2D eigenvalue weighted by atomic mass is 32.1. The summed E-state index contributed by atoms with van der Waals surface area (Å²) in [6.45, 7) is 5.79. The van der Waals surface area contributed by atoms with Crippen LogP contribution in [0.5, 0.6) is 0 Å². The summed E-state index contributed by atoms with van der Waals surface area (Å²) in [5.74, 6) is 0. The standard InChI is InChI=1S/C21H23N3S/c1-16-8-9-19(14-17(16)2)23-20(25)24-12-10-21(15-22,11-13-24)18-6-4-3-5-7-18/h3-9,14H,10-13H2,1-2H3,(H,23,25). The molecule has 0 amide bonds. The van der Waals surface area contributed by atoms with E-state index < -0.39 is 5.41 Å². The lowest BCUT2D eigenvalue weighted by atomic mass is 9.74. The average molecular weight is 350 g/mol. The number of thiocarbonyl (C=S) groups is 1. The topological polar surface area (TPSA) is 39.1 Å². The summed E-state index contributed by atoms with van der Waals surface area (Å²) in [5.41, 5.74) is 4.27. The lowest BCUT2D eigenvalue weighted by Gasteiger charge is -2.38. The van der Waals surface area contributed by atoms with Crippen LogP contribution in [-0.2, 0) is 5.41 Å². The molecule has 1 heterocycles. The molecule has 0 spiro atoms. The first kappa shape index (κ1) is 17.4. The zero-order valence-electron chi connectivity index (χ0n) is 14.7. The van der Waals surface area contributed by atoms with Crippen molar-refractivity contribution in [2.24, 2.45) is 0 Å². The van der Waals surface area contributed by atoms with Crippen LogP contribution in [0, 0.1) is 25.2 Å². The Bertz CT molecular complexity index is 800. The van der Waals surface area contributed by atoms with E-state index in [4.69, 9.17) is 12.2 Å². The number of hydrogen-bond acceptors (Lipinski definition) is 2. The van der Waals surface area contributed by atoms with Gasteiger partial charge in [-0.25, -0.2) is 0 Å². The van der Waals surface area contributed by atoms with E-state index in [2.05, 4.69) is 60.5 Å². The number of hydrogen-bond donors (Lipinski definition) is 1. The number of aryl methyl sites for hydroxylation is 2. The van der Waals surface area contributed by atoms with E-state index >= 15 is 0 Å². The van der Waals surface area contributed by atoms with Gasteiger partial charge in [0.25, 0.3) is 0 Å². The van der Waals surface area contributed by atoms with Crippen molar-refractivity contribution in [1.82, 2.24) is 4.90 Å². The van der Waals surface area contributed by atoms with E-state index in [9.17, 15) is 5.26 Å². The maximum Gasteiger partial charge on any atom is 0.173 e. The number of piperidine rings is 1. The molecule has 3 nitrogen and oxygen atoms in total. The molecule has 0 radical (unpaired) electrons. The van der Waals surface area contributed by atoms with Crippen LogP contribution in [0.2, 0.25) is 0 Å². The lowest BCUT2D eigenvalue weighted by molar-refractivity contribution is 0.272. The van der Waals surface area contributed by atoms with Crippen LogP contribution in [0.1, 0.15) is 29.5 Å². The van der Waals surface area contributed by atoms with E-state index in [1.165, 1.54) is 11.1 Å². The van der Waals surface area contributed by atoms with E-state index in [1.54, 1.807) is 0 Å². The Kier molecular flexibility index (Phi) is 5.06. The third-order valence-corrected chi connectivity index (χ3v) is 5.56. The Morgan fingerprint density at radius 2 is 1.76 bits per heavy atom. The molecule has 25 heavy (non-hydrogen) atoms. The zero-order chi connectivity index (χ0) is 17.9. The molecule has 3 rings (SSSR count). The molecule has 1 N–H and O–H groups in total. The van der Waals surface area contributed by atoms with Crippen molar-refractivity contribution < 1.29 is 0 Å². The normalized spacial score (nSPS) is 16.1. The van der Waals surface area contributed by atoms with Crippen LogP contribution in [0.15, 0.2) is 48.5 Å². The van der Waals surface area contributed by atoms with Crippen LogP contribution in [0.4, 0.5) is 5.69 Å². The summed E-state index contributed by atoms with van der Waals surface area (Å²) in [7, 11) is 0. The Morgan fingerprint density at radius 1 is 1.08 bits per heavy atom. The van der Waals surface area contributed by atoms with Crippen LogP contribution < -0.4 is 5.32 Å². The van der Waals surface area contributed by atoms with Gasteiger partial charge in [0.1, 0.15) is 0 Å². The summed E-state index contributed by atoms with van der Waals surface area (Å²) >= 11 is 5.59. The number of nitrogens with zero attached hydrogens (tertiary/aromatic N) is 2. The van der Waals surface area contributed by atoms with Crippen molar-refractivity contribution in [3.05, 3.63) is 65.2 Å². The molecule has 1 saturated heterocycles. The molecule has 0 bridgehead atoms. The number of nitriles is 1. The summed E-state index contributed by atoms with van der Waals surface area (Å²) in [6.07, 6.45) is 1.59. The highest BCUT2D eigenvalue weighted by Crippen LogP contribution is 2.35. The number of rotatable bonds is 2. The molecule has 128 valence electrons. The van der Waals surface area contributed by atoms with Crippen molar-refractivity contribution >= 4 is 23.0 Å². The monoisotopic (exact) mass is 349 g/mol. The minimum atomic E-state index is -0.395. The van der Waals surface area contributed by atoms with E-state index in [1.807, 2.05) is 18.2 Å². The number of likely N-dealkylation sites (tertiary alicyclic amines) is 1. The minimum Gasteiger partial charge on any atom is -0.349 e. The van der Waals surface area contributed by atoms with Crippen LogP contribution in [0.3, 0.4) is 0 Å². The summed E-state index contributed by atoms with van der Waals surface area (Å²) in [6, 6.07) is 19.0. The quantitative estimate of drug-likeness (QED) is 0.807. The van der Waals surface area contributed by atoms with E-state index in [0.29, 0.717) is 0 Å². The third-order valence-electron chi connectivity index (χ3n) is 5.20. The largest absolute Gasteiger partial charge is 0.349 e. The molecule has 0 saturated carbocycles.